The molecule has 1 aliphatic heterocycles. The van der Waals surface area contributed by atoms with Crippen molar-refractivity contribution in [1.29, 1.82) is 0 Å². The topological polar surface area (TPSA) is 61.7 Å². The van der Waals surface area contributed by atoms with E-state index < -0.39 is 0 Å². The Morgan fingerprint density at radius 2 is 1.63 bits per heavy atom. The molecule has 1 heterocycles. The molecule has 0 aromatic heterocycles. The molecule has 5 rings (SSSR count). The summed E-state index contributed by atoms with van der Waals surface area (Å²) in [4.78, 5) is 16.1. The molecule has 0 amide bonds. The molecule has 3 aromatic carbocycles. The summed E-state index contributed by atoms with van der Waals surface area (Å²) < 4.78 is 6.80. The number of rotatable bonds is 6. The number of carbonyl (C=O) groups is 1. The van der Waals surface area contributed by atoms with E-state index in [0.717, 1.165) is 46.3 Å². The molecular weight excluding hydrogens is 472 g/mol. The van der Waals surface area contributed by atoms with E-state index in [-0.39, 0.29) is 5.90 Å². The average Bonchev–Trinajstić information content (AvgIpc) is 3.12. The third-order valence-corrected chi connectivity index (χ3v) is 7.89. The lowest BCUT2D eigenvalue weighted by atomic mass is 9.91. The van der Waals surface area contributed by atoms with Crippen LogP contribution in [0.15, 0.2) is 77.3 Å². The molecule has 1 saturated carbocycles. The maximum atomic E-state index is 13.1. The number of aryl methyl sites for hydroxylation is 1. The summed E-state index contributed by atoms with van der Waals surface area (Å²) in [5, 5.41) is 13.1. The van der Waals surface area contributed by atoms with Gasteiger partial charge in [0.2, 0.25) is 0 Å². The first-order chi connectivity index (χ1) is 18.3. The third-order valence-electron chi connectivity index (χ3n) is 7.89. The van der Waals surface area contributed by atoms with Crippen molar-refractivity contribution < 1.29 is 19.1 Å². The Bertz CT molecular complexity index is 1360. The Morgan fingerprint density at radius 1 is 0.947 bits per heavy atom. The van der Waals surface area contributed by atoms with Crippen LogP contribution in [-0.2, 0) is 11.3 Å². The van der Waals surface area contributed by atoms with Gasteiger partial charge in [-0.3, -0.25) is 9.79 Å². The Kier molecular flexibility index (Phi) is 7.48. The number of Topliss-reactive ketones (excluding diaryl/α,β-unsaturated/α-hetero) is 1. The van der Waals surface area contributed by atoms with Crippen molar-refractivity contribution in [1.82, 2.24) is 0 Å². The number of ketones is 1. The smallest absolute Gasteiger partial charge is 0.133 e. The summed E-state index contributed by atoms with van der Waals surface area (Å²) in [6.45, 7) is 3.41. The van der Waals surface area contributed by atoms with Crippen molar-refractivity contribution in [3.8, 4) is 16.9 Å². The summed E-state index contributed by atoms with van der Waals surface area (Å²) in [6, 6.07) is 23.0. The Labute approximate surface area is 225 Å². The number of aliphatic imine (C=N–C) groups is 1. The molecule has 0 N–H and O–H groups in total. The van der Waals surface area contributed by atoms with Crippen molar-refractivity contribution in [2.75, 3.05) is 20.7 Å². The number of quaternary nitrogens is 1. The van der Waals surface area contributed by atoms with Crippen molar-refractivity contribution in [3.05, 3.63) is 89.0 Å². The number of fused-ring (bicyclic) bond motifs is 1. The molecule has 1 aliphatic carbocycles. The molecule has 5 nitrogen and oxygen atoms in total. The average molecular weight is 509 g/mol. The van der Waals surface area contributed by atoms with Gasteiger partial charge in [0.05, 0.1) is 32.4 Å². The predicted molar refractivity (Wildman–Crippen MR) is 151 cm³/mol. The Hall–Kier alpha value is -3.70. The highest BCUT2D eigenvalue weighted by Crippen LogP contribution is 2.32. The van der Waals surface area contributed by atoms with E-state index in [1.54, 1.807) is 0 Å². The minimum absolute atomic E-state index is 0.224. The third kappa shape index (κ3) is 6.05. The van der Waals surface area contributed by atoms with Gasteiger partial charge in [-0.15, -0.1) is 0 Å². The first kappa shape index (κ1) is 25.9. The van der Waals surface area contributed by atoms with E-state index in [2.05, 4.69) is 74.5 Å². The monoisotopic (exact) mass is 508 g/mol. The highest BCUT2D eigenvalue weighted by Gasteiger charge is 2.32. The molecule has 2 aliphatic rings. The first-order valence-corrected chi connectivity index (χ1v) is 13.5. The van der Waals surface area contributed by atoms with Crippen LogP contribution in [0.1, 0.15) is 48.8 Å². The SMILES string of the molecule is Cc1ccc(-c2ccc3c(c2)C=C(C([O-])=Nc2ccc(C[N+](C)(C)C4CCC(=O)CC4)cc2)CCO3)cc1. The second-order valence-corrected chi connectivity index (χ2v) is 11.2. The van der Waals surface area contributed by atoms with Gasteiger partial charge in [-0.25, -0.2) is 0 Å². The number of hydrogen-bond acceptors (Lipinski definition) is 4. The zero-order valence-corrected chi connectivity index (χ0v) is 22.6. The first-order valence-electron chi connectivity index (χ1n) is 13.5. The molecule has 0 radical (unpaired) electrons. The van der Waals surface area contributed by atoms with E-state index in [0.29, 0.717) is 49.0 Å². The Balaban J connectivity index is 1.31. The maximum Gasteiger partial charge on any atom is 0.133 e. The van der Waals surface area contributed by atoms with Crippen LogP contribution in [0.2, 0.25) is 0 Å². The zero-order valence-electron chi connectivity index (χ0n) is 22.6. The number of ether oxygens (including phenoxy) is 1. The van der Waals surface area contributed by atoms with Gasteiger partial charge in [-0.2, -0.15) is 0 Å². The van der Waals surface area contributed by atoms with Crippen LogP contribution in [0.25, 0.3) is 17.2 Å². The molecule has 0 unspecified atom stereocenters. The maximum absolute atomic E-state index is 13.1. The quantitative estimate of drug-likeness (QED) is 0.233. The fourth-order valence-electron chi connectivity index (χ4n) is 5.51. The normalized spacial score (nSPS) is 16.9. The van der Waals surface area contributed by atoms with Crippen LogP contribution < -0.4 is 9.84 Å². The summed E-state index contributed by atoms with van der Waals surface area (Å²) in [5.41, 5.74) is 6.86. The predicted octanol–water partition coefficient (Wildman–Crippen LogP) is 6.01. The molecule has 0 saturated heterocycles. The fourth-order valence-corrected chi connectivity index (χ4v) is 5.51. The van der Waals surface area contributed by atoms with E-state index in [4.69, 9.17) is 4.74 Å². The minimum atomic E-state index is -0.224. The van der Waals surface area contributed by atoms with Crippen LogP contribution in [0, 0.1) is 6.92 Å². The largest absolute Gasteiger partial charge is 0.858 e. The van der Waals surface area contributed by atoms with Crippen molar-refractivity contribution in [3.63, 3.8) is 0 Å². The minimum Gasteiger partial charge on any atom is -0.858 e. The Morgan fingerprint density at radius 3 is 2.34 bits per heavy atom. The lowest BCUT2D eigenvalue weighted by Gasteiger charge is -2.40. The lowest BCUT2D eigenvalue weighted by Crippen LogP contribution is -2.49. The highest BCUT2D eigenvalue weighted by molar-refractivity contribution is 5.97. The second kappa shape index (κ2) is 11.0. The highest BCUT2D eigenvalue weighted by atomic mass is 16.5. The van der Waals surface area contributed by atoms with Crippen LogP contribution in [0.3, 0.4) is 0 Å². The van der Waals surface area contributed by atoms with Gasteiger partial charge in [0, 0.05) is 43.2 Å². The van der Waals surface area contributed by atoms with Crippen molar-refractivity contribution in [2.45, 2.75) is 51.6 Å². The van der Waals surface area contributed by atoms with E-state index >= 15 is 0 Å². The lowest BCUT2D eigenvalue weighted by molar-refractivity contribution is -0.928. The van der Waals surface area contributed by atoms with Crippen molar-refractivity contribution >= 4 is 23.4 Å². The number of nitrogens with zero attached hydrogens (tertiary/aromatic N) is 2. The van der Waals surface area contributed by atoms with Gasteiger partial charge < -0.3 is 14.3 Å². The summed E-state index contributed by atoms with van der Waals surface area (Å²) in [6.07, 6.45) is 5.76. The molecule has 1 fully saturated rings. The van der Waals surface area contributed by atoms with Gasteiger partial charge in [0.25, 0.3) is 0 Å². The van der Waals surface area contributed by atoms with Gasteiger partial charge in [-0.1, -0.05) is 48.0 Å². The molecule has 0 bridgehead atoms. The molecular formula is C33H36N2O3. The van der Waals surface area contributed by atoms with Crippen LogP contribution in [-0.4, -0.2) is 42.9 Å². The molecule has 0 spiro atoms. The molecule has 38 heavy (non-hydrogen) atoms. The van der Waals surface area contributed by atoms with Gasteiger partial charge in [-0.05, 0) is 59.9 Å². The van der Waals surface area contributed by atoms with E-state index in [1.165, 1.54) is 11.1 Å². The fraction of sp³-hybridized carbons (Fsp3) is 0.333. The van der Waals surface area contributed by atoms with E-state index in [9.17, 15) is 9.90 Å². The number of carbonyl (C=O) groups excluding carboxylic acids is 1. The molecule has 5 heteroatoms. The van der Waals surface area contributed by atoms with Crippen LogP contribution in [0.5, 0.6) is 5.75 Å². The number of benzene rings is 3. The summed E-state index contributed by atoms with van der Waals surface area (Å²) >= 11 is 0. The van der Waals surface area contributed by atoms with Gasteiger partial charge in [0.15, 0.2) is 0 Å². The van der Waals surface area contributed by atoms with E-state index in [1.807, 2.05) is 24.3 Å². The summed E-state index contributed by atoms with van der Waals surface area (Å²) in [5.74, 6) is 0.955. The molecule has 0 atom stereocenters. The molecule has 196 valence electrons. The standard InChI is InChI=1S/C33H36N2O3/c1-23-4-8-25(9-5-23)26-10-17-32-28(20-26)21-27(18-19-38-32)33(37)34-29-11-6-24(7-12-29)22-35(2,3)30-13-15-31(36)16-14-30/h4-12,17,20-21,30H,13-16,18-19,22H2,1-3H3. The zero-order chi connectivity index (χ0) is 26.7. The van der Waals surface area contributed by atoms with Crippen LogP contribution >= 0.6 is 0 Å². The van der Waals surface area contributed by atoms with Crippen molar-refractivity contribution in [2.24, 2.45) is 4.99 Å². The van der Waals surface area contributed by atoms with Gasteiger partial charge >= 0.3 is 0 Å². The molecule has 3 aromatic rings. The second-order valence-electron chi connectivity index (χ2n) is 11.2. The van der Waals surface area contributed by atoms with Crippen LogP contribution in [0.4, 0.5) is 5.69 Å². The van der Waals surface area contributed by atoms with Gasteiger partial charge in [0.1, 0.15) is 18.1 Å². The summed E-state index contributed by atoms with van der Waals surface area (Å²) in [7, 11) is 4.48. The number of hydrogen-bond donors (Lipinski definition) is 0.